The number of aromatic nitrogens is 2. The topological polar surface area (TPSA) is 62.6 Å². The first kappa shape index (κ1) is 13.9. The summed E-state index contributed by atoms with van der Waals surface area (Å²) in [6.07, 6.45) is 4.15. The second-order valence-corrected chi connectivity index (χ2v) is 4.16. The van der Waals surface area contributed by atoms with E-state index in [1.165, 1.54) is 14.2 Å². The van der Waals surface area contributed by atoms with Crippen molar-refractivity contribution in [2.45, 2.75) is 6.61 Å². The van der Waals surface area contributed by atoms with Crippen molar-refractivity contribution in [3.05, 3.63) is 35.9 Å². The zero-order chi connectivity index (χ0) is 14.5. The van der Waals surface area contributed by atoms with E-state index < -0.39 is 0 Å². The number of hydrogen-bond donors (Lipinski definition) is 0. The van der Waals surface area contributed by atoms with Gasteiger partial charge in [0.1, 0.15) is 12.9 Å². The maximum absolute atomic E-state index is 10.9. The number of hydrogen-bond acceptors (Lipinski definition) is 5. The molecular formula is C14H16N2O4. The van der Waals surface area contributed by atoms with Crippen molar-refractivity contribution in [2.75, 3.05) is 14.2 Å². The number of methoxy groups -OCH3 is 2. The molecular weight excluding hydrogens is 260 g/mol. The SMILES string of the molecule is COc1cc(C=O)cc(OC)c1OCc1cncn1C. The molecule has 20 heavy (non-hydrogen) atoms. The molecule has 0 atom stereocenters. The van der Waals surface area contributed by atoms with E-state index in [2.05, 4.69) is 4.98 Å². The van der Waals surface area contributed by atoms with Crippen molar-refractivity contribution >= 4 is 6.29 Å². The molecule has 106 valence electrons. The highest BCUT2D eigenvalue weighted by Gasteiger charge is 2.14. The van der Waals surface area contributed by atoms with Crippen LogP contribution in [0, 0.1) is 0 Å². The first-order valence-electron chi connectivity index (χ1n) is 5.98. The molecule has 1 aromatic carbocycles. The van der Waals surface area contributed by atoms with E-state index in [1.807, 2.05) is 11.6 Å². The number of rotatable bonds is 6. The normalized spacial score (nSPS) is 10.2. The fraction of sp³-hybridized carbons (Fsp3) is 0.286. The van der Waals surface area contributed by atoms with Gasteiger partial charge in [-0.15, -0.1) is 0 Å². The second-order valence-electron chi connectivity index (χ2n) is 4.16. The summed E-state index contributed by atoms with van der Waals surface area (Å²) in [6, 6.07) is 3.21. The molecule has 1 aromatic heterocycles. The van der Waals surface area contributed by atoms with Crippen LogP contribution in [0.25, 0.3) is 0 Å². The number of imidazole rings is 1. The molecule has 0 amide bonds. The van der Waals surface area contributed by atoms with Crippen LogP contribution in [0.5, 0.6) is 17.2 Å². The first-order chi connectivity index (χ1) is 9.69. The van der Waals surface area contributed by atoms with Crippen molar-refractivity contribution in [3.8, 4) is 17.2 Å². The Labute approximate surface area is 116 Å². The summed E-state index contributed by atoms with van der Waals surface area (Å²) in [6.45, 7) is 0.323. The van der Waals surface area contributed by atoms with Crippen LogP contribution < -0.4 is 14.2 Å². The zero-order valence-electron chi connectivity index (χ0n) is 11.6. The minimum atomic E-state index is 0.323. The maximum Gasteiger partial charge on any atom is 0.203 e. The van der Waals surface area contributed by atoms with Crippen LogP contribution in [0.1, 0.15) is 16.1 Å². The largest absolute Gasteiger partial charge is 0.493 e. The van der Waals surface area contributed by atoms with Crippen LogP contribution in [0.3, 0.4) is 0 Å². The van der Waals surface area contributed by atoms with Crippen molar-refractivity contribution in [1.29, 1.82) is 0 Å². The summed E-state index contributed by atoms with van der Waals surface area (Å²) in [5.74, 6) is 1.36. The zero-order valence-corrected chi connectivity index (χ0v) is 11.6. The van der Waals surface area contributed by atoms with Crippen LogP contribution in [0.4, 0.5) is 0 Å². The predicted molar refractivity (Wildman–Crippen MR) is 72.5 cm³/mol. The van der Waals surface area contributed by atoms with E-state index in [0.29, 0.717) is 29.4 Å². The van der Waals surface area contributed by atoms with Gasteiger partial charge in [0, 0.05) is 12.6 Å². The molecule has 0 aliphatic carbocycles. The molecule has 0 unspecified atom stereocenters. The molecule has 2 aromatic rings. The monoisotopic (exact) mass is 276 g/mol. The molecule has 0 radical (unpaired) electrons. The average Bonchev–Trinajstić information content (AvgIpc) is 2.89. The third kappa shape index (κ3) is 2.74. The van der Waals surface area contributed by atoms with E-state index in [0.717, 1.165) is 12.0 Å². The number of ether oxygens (including phenoxy) is 3. The standard InChI is InChI=1S/C14H16N2O4/c1-16-9-15-6-11(16)8-20-14-12(18-2)4-10(7-17)5-13(14)19-3/h4-7,9H,8H2,1-3H3. The highest BCUT2D eigenvalue weighted by molar-refractivity contribution is 5.78. The Kier molecular flexibility index (Phi) is 4.24. The lowest BCUT2D eigenvalue weighted by Crippen LogP contribution is -2.04. The predicted octanol–water partition coefficient (Wildman–Crippen LogP) is 1.83. The maximum atomic E-state index is 10.9. The summed E-state index contributed by atoms with van der Waals surface area (Å²) < 4.78 is 18.1. The number of carbonyl (C=O) groups is 1. The van der Waals surface area contributed by atoms with Gasteiger partial charge in [0.2, 0.25) is 5.75 Å². The van der Waals surface area contributed by atoms with Crippen LogP contribution >= 0.6 is 0 Å². The summed E-state index contributed by atoms with van der Waals surface area (Å²) in [5.41, 5.74) is 1.38. The second kappa shape index (κ2) is 6.10. The third-order valence-electron chi connectivity index (χ3n) is 2.90. The van der Waals surface area contributed by atoms with Crippen LogP contribution in [0.15, 0.2) is 24.7 Å². The molecule has 6 nitrogen and oxygen atoms in total. The fourth-order valence-electron chi connectivity index (χ4n) is 1.78. The molecule has 6 heteroatoms. The molecule has 1 heterocycles. The molecule has 0 bridgehead atoms. The van der Waals surface area contributed by atoms with Gasteiger partial charge >= 0.3 is 0 Å². The Bertz CT molecular complexity index is 582. The molecule has 0 saturated carbocycles. The van der Waals surface area contributed by atoms with Gasteiger partial charge in [-0.2, -0.15) is 0 Å². The van der Waals surface area contributed by atoms with E-state index in [1.54, 1.807) is 24.7 Å². The lowest BCUT2D eigenvalue weighted by Gasteiger charge is -2.15. The van der Waals surface area contributed by atoms with Crippen LogP contribution in [0.2, 0.25) is 0 Å². The minimum absolute atomic E-state index is 0.323. The molecule has 2 rings (SSSR count). The number of aryl methyl sites for hydroxylation is 1. The van der Waals surface area contributed by atoms with Gasteiger partial charge in [-0.05, 0) is 12.1 Å². The van der Waals surface area contributed by atoms with Gasteiger partial charge in [0.25, 0.3) is 0 Å². The van der Waals surface area contributed by atoms with Crippen LogP contribution in [-0.2, 0) is 13.7 Å². The van der Waals surface area contributed by atoms with Gasteiger partial charge in [0.15, 0.2) is 11.5 Å². The summed E-state index contributed by atoms with van der Waals surface area (Å²) >= 11 is 0. The third-order valence-corrected chi connectivity index (χ3v) is 2.90. The fourth-order valence-corrected chi connectivity index (χ4v) is 1.78. The van der Waals surface area contributed by atoms with E-state index >= 15 is 0 Å². The van der Waals surface area contributed by atoms with E-state index in [-0.39, 0.29) is 0 Å². The number of aldehydes is 1. The van der Waals surface area contributed by atoms with Crippen molar-refractivity contribution in [2.24, 2.45) is 7.05 Å². The molecule has 0 fully saturated rings. The highest BCUT2D eigenvalue weighted by atomic mass is 16.5. The van der Waals surface area contributed by atoms with Gasteiger partial charge in [-0.25, -0.2) is 4.98 Å². The Morgan fingerprint density at radius 2 is 1.90 bits per heavy atom. The van der Waals surface area contributed by atoms with Gasteiger partial charge in [-0.3, -0.25) is 4.79 Å². The van der Waals surface area contributed by atoms with Crippen LogP contribution in [-0.4, -0.2) is 30.1 Å². The number of carbonyl (C=O) groups excluding carboxylic acids is 1. The van der Waals surface area contributed by atoms with E-state index in [4.69, 9.17) is 14.2 Å². The molecule has 0 N–H and O–H groups in total. The Balaban J connectivity index is 2.29. The average molecular weight is 276 g/mol. The summed E-state index contributed by atoms with van der Waals surface area (Å²) in [7, 11) is 4.91. The lowest BCUT2D eigenvalue weighted by molar-refractivity contribution is 0.112. The Hall–Kier alpha value is -2.50. The minimum Gasteiger partial charge on any atom is -0.493 e. The van der Waals surface area contributed by atoms with Gasteiger partial charge < -0.3 is 18.8 Å². The summed E-state index contributed by atoms with van der Waals surface area (Å²) in [4.78, 5) is 14.9. The summed E-state index contributed by atoms with van der Waals surface area (Å²) in [5, 5.41) is 0. The highest BCUT2D eigenvalue weighted by Crippen LogP contribution is 2.38. The van der Waals surface area contributed by atoms with Crippen molar-refractivity contribution < 1.29 is 19.0 Å². The molecule has 0 aliphatic rings. The first-order valence-corrected chi connectivity index (χ1v) is 5.98. The number of benzene rings is 1. The number of nitrogens with zero attached hydrogens (tertiary/aromatic N) is 2. The smallest absolute Gasteiger partial charge is 0.203 e. The van der Waals surface area contributed by atoms with Crippen molar-refractivity contribution in [1.82, 2.24) is 9.55 Å². The molecule has 0 spiro atoms. The molecule has 0 saturated heterocycles. The molecule has 0 aliphatic heterocycles. The lowest BCUT2D eigenvalue weighted by atomic mass is 10.2. The van der Waals surface area contributed by atoms with Gasteiger partial charge in [0.05, 0.1) is 32.4 Å². The van der Waals surface area contributed by atoms with Gasteiger partial charge in [-0.1, -0.05) is 0 Å². The quantitative estimate of drug-likeness (QED) is 0.753. The Morgan fingerprint density at radius 3 is 2.35 bits per heavy atom. The van der Waals surface area contributed by atoms with Crippen molar-refractivity contribution in [3.63, 3.8) is 0 Å². The van der Waals surface area contributed by atoms with E-state index in [9.17, 15) is 4.79 Å². The Morgan fingerprint density at radius 1 is 1.25 bits per heavy atom.